The Morgan fingerprint density at radius 1 is 1.53 bits per heavy atom. The Morgan fingerprint density at radius 3 is 2.82 bits per heavy atom. The molecule has 2 amide bonds. The summed E-state index contributed by atoms with van der Waals surface area (Å²) in [6, 6.07) is -0.141. The van der Waals surface area contributed by atoms with Crippen LogP contribution >= 0.6 is 0 Å². The van der Waals surface area contributed by atoms with Crippen LogP contribution in [0.1, 0.15) is 20.3 Å². The van der Waals surface area contributed by atoms with Gasteiger partial charge in [0.1, 0.15) is 0 Å². The number of carboxylic acids is 1. The number of ether oxygens (including phenoxy) is 1. The van der Waals surface area contributed by atoms with E-state index >= 15 is 0 Å². The van der Waals surface area contributed by atoms with Crippen molar-refractivity contribution >= 4 is 12.0 Å². The van der Waals surface area contributed by atoms with Gasteiger partial charge in [-0.3, -0.25) is 4.79 Å². The van der Waals surface area contributed by atoms with Gasteiger partial charge >= 0.3 is 12.0 Å². The molecule has 0 aromatic carbocycles. The molecule has 1 fully saturated rings. The number of carbonyl (C=O) groups excluding carboxylic acids is 1. The first-order valence-electron chi connectivity index (χ1n) is 5.85. The zero-order valence-electron chi connectivity index (χ0n) is 10.3. The number of nitrogens with zero attached hydrogens (tertiary/aromatic N) is 1. The molecular formula is C11H20N2O4. The Kier molecular flexibility index (Phi) is 5.21. The van der Waals surface area contributed by atoms with Crippen molar-refractivity contribution in [2.45, 2.75) is 26.4 Å². The summed E-state index contributed by atoms with van der Waals surface area (Å²) in [6.07, 6.45) is -0.459. The molecule has 0 bridgehead atoms. The van der Waals surface area contributed by atoms with Gasteiger partial charge in [0.15, 0.2) is 0 Å². The number of carboxylic acid groups (broad SMARTS) is 1. The number of hydrogen-bond donors (Lipinski definition) is 2. The largest absolute Gasteiger partial charge is 0.481 e. The van der Waals surface area contributed by atoms with Crippen LogP contribution in [0, 0.1) is 5.92 Å². The molecule has 0 saturated carbocycles. The molecule has 2 N–H and O–H groups in total. The Morgan fingerprint density at radius 2 is 2.24 bits per heavy atom. The molecule has 1 heterocycles. The molecule has 0 aromatic rings. The molecule has 0 aromatic heterocycles. The standard InChI is InChI=1S/C11H20N2O4/c1-8(2)6-12-11(16)13-3-4-17-9(7-13)5-10(14)15/h8-9H,3-7H2,1-2H3,(H,12,16)(H,14,15). The molecule has 98 valence electrons. The van der Waals surface area contributed by atoms with Gasteiger partial charge in [0.05, 0.1) is 19.1 Å². The van der Waals surface area contributed by atoms with E-state index in [0.29, 0.717) is 32.2 Å². The molecule has 6 nitrogen and oxygen atoms in total. The SMILES string of the molecule is CC(C)CNC(=O)N1CCOC(CC(=O)O)C1. The van der Waals surface area contributed by atoms with Crippen LogP contribution in [0.2, 0.25) is 0 Å². The Hall–Kier alpha value is -1.30. The summed E-state index contributed by atoms with van der Waals surface area (Å²) in [5, 5.41) is 11.5. The molecule has 1 aliphatic heterocycles. The van der Waals surface area contributed by atoms with E-state index in [2.05, 4.69) is 5.32 Å². The van der Waals surface area contributed by atoms with Crippen LogP contribution in [-0.4, -0.2) is 54.4 Å². The molecule has 1 aliphatic rings. The lowest BCUT2D eigenvalue weighted by Gasteiger charge is -2.32. The summed E-state index contributed by atoms with van der Waals surface area (Å²) in [7, 11) is 0. The highest BCUT2D eigenvalue weighted by Gasteiger charge is 2.25. The van der Waals surface area contributed by atoms with Crippen molar-refractivity contribution in [2.75, 3.05) is 26.2 Å². The van der Waals surface area contributed by atoms with Gasteiger partial charge in [-0.15, -0.1) is 0 Å². The van der Waals surface area contributed by atoms with Crippen LogP contribution in [0.25, 0.3) is 0 Å². The molecule has 1 atom stereocenters. The van der Waals surface area contributed by atoms with Crippen molar-refractivity contribution in [1.82, 2.24) is 10.2 Å². The van der Waals surface area contributed by atoms with E-state index in [4.69, 9.17) is 9.84 Å². The van der Waals surface area contributed by atoms with Crippen LogP contribution in [0.4, 0.5) is 4.79 Å². The van der Waals surface area contributed by atoms with Crippen molar-refractivity contribution < 1.29 is 19.4 Å². The van der Waals surface area contributed by atoms with Gasteiger partial charge in [0, 0.05) is 19.6 Å². The van der Waals surface area contributed by atoms with Crippen LogP contribution in [0.3, 0.4) is 0 Å². The van der Waals surface area contributed by atoms with Crippen molar-refractivity contribution in [3.8, 4) is 0 Å². The van der Waals surface area contributed by atoms with Gasteiger partial charge < -0.3 is 20.1 Å². The van der Waals surface area contributed by atoms with Crippen LogP contribution in [0.15, 0.2) is 0 Å². The summed E-state index contributed by atoms with van der Waals surface area (Å²) in [4.78, 5) is 23.9. The number of aliphatic carboxylic acids is 1. The highest BCUT2D eigenvalue weighted by molar-refractivity contribution is 5.74. The highest BCUT2D eigenvalue weighted by Crippen LogP contribution is 2.08. The predicted octanol–water partition coefficient (Wildman–Crippen LogP) is 0.527. The van der Waals surface area contributed by atoms with Crippen LogP contribution in [-0.2, 0) is 9.53 Å². The maximum atomic E-state index is 11.7. The number of rotatable bonds is 4. The number of nitrogens with one attached hydrogen (secondary N) is 1. The Labute approximate surface area is 101 Å². The Bertz CT molecular complexity index is 281. The number of morpholine rings is 1. The van der Waals surface area contributed by atoms with Gasteiger partial charge in [-0.2, -0.15) is 0 Å². The highest BCUT2D eigenvalue weighted by atomic mass is 16.5. The molecule has 0 aliphatic carbocycles. The lowest BCUT2D eigenvalue weighted by Crippen LogP contribution is -2.50. The second kappa shape index (κ2) is 6.44. The number of amides is 2. The maximum Gasteiger partial charge on any atom is 0.317 e. The quantitative estimate of drug-likeness (QED) is 0.756. The van der Waals surface area contributed by atoms with E-state index in [9.17, 15) is 9.59 Å². The molecule has 1 saturated heterocycles. The van der Waals surface area contributed by atoms with Crippen LogP contribution < -0.4 is 5.32 Å². The normalized spacial score (nSPS) is 20.4. The number of urea groups is 1. The lowest BCUT2D eigenvalue weighted by molar-refractivity contribution is -0.141. The van der Waals surface area contributed by atoms with Gasteiger partial charge in [0.25, 0.3) is 0 Å². The van der Waals surface area contributed by atoms with Gasteiger partial charge in [0.2, 0.25) is 0 Å². The minimum absolute atomic E-state index is 0.0615. The topological polar surface area (TPSA) is 78.9 Å². The summed E-state index contributed by atoms with van der Waals surface area (Å²) < 4.78 is 5.29. The first-order chi connectivity index (χ1) is 7.99. The van der Waals surface area contributed by atoms with Gasteiger partial charge in [-0.25, -0.2) is 4.79 Å². The maximum absolute atomic E-state index is 11.7. The third-order valence-corrected chi connectivity index (χ3v) is 2.49. The minimum atomic E-state index is -0.903. The fourth-order valence-corrected chi connectivity index (χ4v) is 1.63. The Balaban J connectivity index is 2.37. The minimum Gasteiger partial charge on any atom is -0.481 e. The van der Waals surface area contributed by atoms with E-state index in [1.807, 2.05) is 13.8 Å². The van der Waals surface area contributed by atoms with Crippen molar-refractivity contribution in [1.29, 1.82) is 0 Å². The van der Waals surface area contributed by atoms with E-state index in [1.165, 1.54) is 0 Å². The zero-order valence-corrected chi connectivity index (χ0v) is 10.3. The monoisotopic (exact) mass is 244 g/mol. The van der Waals surface area contributed by atoms with E-state index in [-0.39, 0.29) is 12.5 Å². The van der Waals surface area contributed by atoms with Crippen molar-refractivity contribution in [3.05, 3.63) is 0 Å². The lowest BCUT2D eigenvalue weighted by atomic mass is 10.2. The van der Waals surface area contributed by atoms with E-state index in [0.717, 1.165) is 0 Å². The second-order valence-corrected chi connectivity index (χ2v) is 4.62. The third kappa shape index (κ3) is 5.04. The molecule has 17 heavy (non-hydrogen) atoms. The summed E-state index contributed by atoms with van der Waals surface area (Å²) in [5.74, 6) is -0.505. The molecule has 6 heteroatoms. The van der Waals surface area contributed by atoms with E-state index < -0.39 is 12.1 Å². The van der Waals surface area contributed by atoms with Crippen molar-refractivity contribution in [3.63, 3.8) is 0 Å². The third-order valence-electron chi connectivity index (χ3n) is 2.49. The molecule has 0 radical (unpaired) electrons. The summed E-state index contributed by atoms with van der Waals surface area (Å²) in [6.45, 7) is 5.92. The summed E-state index contributed by atoms with van der Waals surface area (Å²) >= 11 is 0. The summed E-state index contributed by atoms with van der Waals surface area (Å²) in [5.41, 5.74) is 0. The molecule has 1 unspecified atom stereocenters. The number of carbonyl (C=O) groups is 2. The first-order valence-corrected chi connectivity index (χ1v) is 5.85. The van der Waals surface area contributed by atoms with Crippen LogP contribution in [0.5, 0.6) is 0 Å². The predicted molar refractivity (Wildman–Crippen MR) is 61.8 cm³/mol. The molecule has 0 spiro atoms. The first kappa shape index (κ1) is 13.8. The van der Waals surface area contributed by atoms with Gasteiger partial charge in [-0.1, -0.05) is 13.8 Å². The molecule has 1 rings (SSSR count). The average molecular weight is 244 g/mol. The smallest absolute Gasteiger partial charge is 0.317 e. The molecular weight excluding hydrogens is 224 g/mol. The van der Waals surface area contributed by atoms with Crippen molar-refractivity contribution in [2.24, 2.45) is 5.92 Å². The van der Waals surface area contributed by atoms with E-state index in [1.54, 1.807) is 4.90 Å². The fourth-order valence-electron chi connectivity index (χ4n) is 1.63. The zero-order chi connectivity index (χ0) is 12.8. The van der Waals surface area contributed by atoms with Gasteiger partial charge in [-0.05, 0) is 5.92 Å². The average Bonchev–Trinajstić information content (AvgIpc) is 2.25. The number of hydrogen-bond acceptors (Lipinski definition) is 3. The fraction of sp³-hybridized carbons (Fsp3) is 0.818. The second-order valence-electron chi connectivity index (χ2n) is 4.62.